The smallest absolute Gasteiger partial charge is 0.228 e. The average molecular weight is 296 g/mol. The highest BCUT2D eigenvalue weighted by atomic mass is 16.2. The van der Waals surface area contributed by atoms with Crippen LogP contribution in [0.2, 0.25) is 0 Å². The highest BCUT2D eigenvalue weighted by Crippen LogP contribution is 2.34. The number of hydrogen-bond donors (Lipinski definition) is 0. The second kappa shape index (κ2) is 10.2. The normalized spacial score (nSPS) is 15.7. The number of unbranched alkanes of at least 4 members (excludes halogenated alkanes) is 6. The lowest BCUT2D eigenvalue weighted by molar-refractivity contribution is -0.141. The lowest BCUT2D eigenvalue weighted by Gasteiger charge is -2.33. The number of nitrogens with zero attached hydrogens (tertiary/aromatic N) is 1. The van der Waals surface area contributed by atoms with Gasteiger partial charge in [-0.15, -0.1) is 0 Å². The summed E-state index contributed by atoms with van der Waals surface area (Å²) >= 11 is 0. The number of rotatable bonds is 11. The minimum atomic E-state index is -0.0914. The van der Waals surface area contributed by atoms with E-state index < -0.39 is 0 Å². The molecular weight excluding hydrogens is 258 g/mol. The van der Waals surface area contributed by atoms with E-state index in [0.717, 1.165) is 25.9 Å². The topological polar surface area (TPSA) is 20.3 Å². The van der Waals surface area contributed by atoms with Crippen LogP contribution in [0.5, 0.6) is 0 Å². The van der Waals surface area contributed by atoms with E-state index in [2.05, 4.69) is 25.7 Å². The van der Waals surface area contributed by atoms with Crippen molar-refractivity contribution in [2.75, 3.05) is 13.1 Å². The fourth-order valence-electron chi connectivity index (χ4n) is 3.52. The standard InChI is InChI=1S/C19H37NO/c1-4-6-8-10-14-19(3,15-11-9-7-5-2)18(21)20-16-12-13-17-20/h4-17H2,1-3H3. The van der Waals surface area contributed by atoms with Gasteiger partial charge in [-0.1, -0.05) is 72.1 Å². The Hall–Kier alpha value is -0.530. The molecule has 0 aromatic carbocycles. The molecule has 1 aliphatic rings. The van der Waals surface area contributed by atoms with Gasteiger partial charge in [0.25, 0.3) is 0 Å². The number of carbonyl (C=O) groups is 1. The summed E-state index contributed by atoms with van der Waals surface area (Å²) in [6, 6.07) is 0. The zero-order valence-electron chi connectivity index (χ0n) is 14.8. The maximum absolute atomic E-state index is 12.9. The number of carbonyl (C=O) groups excluding carboxylic acids is 1. The van der Waals surface area contributed by atoms with Gasteiger partial charge in [0.1, 0.15) is 0 Å². The quantitative estimate of drug-likeness (QED) is 0.457. The molecule has 0 aliphatic carbocycles. The van der Waals surface area contributed by atoms with Gasteiger partial charge in [-0.25, -0.2) is 0 Å². The molecule has 1 amide bonds. The fourth-order valence-corrected chi connectivity index (χ4v) is 3.52. The van der Waals surface area contributed by atoms with Crippen LogP contribution >= 0.6 is 0 Å². The van der Waals surface area contributed by atoms with Crippen LogP contribution in [0.3, 0.4) is 0 Å². The lowest BCUT2D eigenvalue weighted by Crippen LogP contribution is -2.41. The molecule has 0 aromatic rings. The minimum Gasteiger partial charge on any atom is -0.342 e. The van der Waals surface area contributed by atoms with Crippen LogP contribution < -0.4 is 0 Å². The first-order valence-electron chi connectivity index (χ1n) is 9.43. The first-order valence-corrected chi connectivity index (χ1v) is 9.43. The minimum absolute atomic E-state index is 0.0914. The monoisotopic (exact) mass is 295 g/mol. The molecule has 0 N–H and O–H groups in total. The third-order valence-electron chi connectivity index (χ3n) is 5.07. The number of hydrogen-bond acceptors (Lipinski definition) is 1. The van der Waals surface area contributed by atoms with E-state index in [1.165, 1.54) is 64.2 Å². The first-order chi connectivity index (χ1) is 10.1. The lowest BCUT2D eigenvalue weighted by atomic mass is 9.78. The van der Waals surface area contributed by atoms with Crippen LogP contribution in [0.25, 0.3) is 0 Å². The third kappa shape index (κ3) is 6.40. The average Bonchev–Trinajstić information content (AvgIpc) is 3.01. The summed E-state index contributed by atoms with van der Waals surface area (Å²) in [6.07, 6.45) is 14.8. The third-order valence-corrected chi connectivity index (χ3v) is 5.07. The molecule has 1 heterocycles. The Bertz CT molecular complexity index is 269. The second-order valence-corrected chi connectivity index (χ2v) is 7.18. The van der Waals surface area contributed by atoms with Gasteiger partial charge >= 0.3 is 0 Å². The van der Waals surface area contributed by atoms with Gasteiger partial charge in [0.05, 0.1) is 0 Å². The zero-order chi connectivity index (χ0) is 15.6. The van der Waals surface area contributed by atoms with Crippen molar-refractivity contribution in [3.63, 3.8) is 0 Å². The summed E-state index contributed by atoms with van der Waals surface area (Å²) in [5.74, 6) is 0.452. The Morgan fingerprint density at radius 1 is 0.857 bits per heavy atom. The SMILES string of the molecule is CCCCCCC(C)(CCCCCC)C(=O)N1CCCC1. The van der Waals surface area contributed by atoms with Crippen LogP contribution in [-0.2, 0) is 4.79 Å². The molecule has 0 atom stereocenters. The van der Waals surface area contributed by atoms with Crippen molar-refractivity contribution in [2.24, 2.45) is 5.41 Å². The number of likely N-dealkylation sites (tertiary alicyclic amines) is 1. The van der Waals surface area contributed by atoms with E-state index in [9.17, 15) is 4.79 Å². The molecule has 0 spiro atoms. The Labute approximate surface area is 132 Å². The largest absolute Gasteiger partial charge is 0.342 e. The van der Waals surface area contributed by atoms with Crippen molar-refractivity contribution in [1.29, 1.82) is 0 Å². The van der Waals surface area contributed by atoms with Gasteiger partial charge in [-0.2, -0.15) is 0 Å². The van der Waals surface area contributed by atoms with Crippen molar-refractivity contribution < 1.29 is 4.79 Å². The van der Waals surface area contributed by atoms with Crippen LogP contribution in [0.15, 0.2) is 0 Å². The van der Waals surface area contributed by atoms with Crippen molar-refractivity contribution >= 4 is 5.91 Å². The van der Waals surface area contributed by atoms with Crippen LogP contribution in [-0.4, -0.2) is 23.9 Å². The molecule has 0 unspecified atom stereocenters. The maximum atomic E-state index is 12.9. The Balaban J connectivity index is 2.51. The predicted octanol–water partition coefficient (Wildman–Crippen LogP) is 5.56. The molecule has 2 heteroatoms. The highest BCUT2D eigenvalue weighted by molar-refractivity contribution is 5.82. The van der Waals surface area contributed by atoms with Gasteiger partial charge in [-0.3, -0.25) is 4.79 Å². The summed E-state index contributed by atoms with van der Waals surface area (Å²) < 4.78 is 0. The van der Waals surface area contributed by atoms with Crippen LogP contribution in [0.1, 0.15) is 97.8 Å². The van der Waals surface area contributed by atoms with Crippen LogP contribution in [0, 0.1) is 5.41 Å². The summed E-state index contributed by atoms with van der Waals surface area (Å²) in [7, 11) is 0. The molecular formula is C19H37NO. The summed E-state index contributed by atoms with van der Waals surface area (Å²) in [5.41, 5.74) is -0.0914. The molecule has 0 bridgehead atoms. The van der Waals surface area contributed by atoms with Crippen LogP contribution in [0.4, 0.5) is 0 Å². The molecule has 0 aromatic heterocycles. The molecule has 1 aliphatic heterocycles. The van der Waals surface area contributed by atoms with E-state index in [-0.39, 0.29) is 5.41 Å². The van der Waals surface area contributed by atoms with Gasteiger partial charge in [0, 0.05) is 18.5 Å². The van der Waals surface area contributed by atoms with Gasteiger partial charge in [0.15, 0.2) is 0 Å². The van der Waals surface area contributed by atoms with Gasteiger partial charge in [0.2, 0.25) is 5.91 Å². The van der Waals surface area contributed by atoms with E-state index >= 15 is 0 Å². The van der Waals surface area contributed by atoms with Crippen molar-refractivity contribution in [3.05, 3.63) is 0 Å². The van der Waals surface area contributed by atoms with Crippen molar-refractivity contribution in [2.45, 2.75) is 97.8 Å². The highest BCUT2D eigenvalue weighted by Gasteiger charge is 2.36. The Morgan fingerprint density at radius 3 is 1.76 bits per heavy atom. The number of amides is 1. The fraction of sp³-hybridized carbons (Fsp3) is 0.947. The van der Waals surface area contributed by atoms with E-state index in [4.69, 9.17) is 0 Å². The molecule has 124 valence electrons. The van der Waals surface area contributed by atoms with E-state index in [1.807, 2.05) is 0 Å². The molecule has 1 fully saturated rings. The Morgan fingerprint density at radius 2 is 1.33 bits per heavy atom. The first kappa shape index (κ1) is 18.5. The van der Waals surface area contributed by atoms with E-state index in [1.54, 1.807) is 0 Å². The molecule has 21 heavy (non-hydrogen) atoms. The second-order valence-electron chi connectivity index (χ2n) is 7.18. The molecule has 0 radical (unpaired) electrons. The summed E-state index contributed by atoms with van der Waals surface area (Å²) in [6.45, 7) is 8.74. The molecule has 0 saturated carbocycles. The zero-order valence-corrected chi connectivity index (χ0v) is 14.8. The summed E-state index contributed by atoms with van der Waals surface area (Å²) in [5, 5.41) is 0. The predicted molar refractivity (Wildman–Crippen MR) is 91.4 cm³/mol. The van der Waals surface area contributed by atoms with Crippen molar-refractivity contribution in [1.82, 2.24) is 4.90 Å². The molecule has 1 rings (SSSR count). The van der Waals surface area contributed by atoms with Gasteiger partial charge < -0.3 is 4.90 Å². The summed E-state index contributed by atoms with van der Waals surface area (Å²) in [4.78, 5) is 15.1. The van der Waals surface area contributed by atoms with E-state index in [0.29, 0.717) is 5.91 Å². The van der Waals surface area contributed by atoms with Gasteiger partial charge in [-0.05, 0) is 25.7 Å². The van der Waals surface area contributed by atoms with Crippen molar-refractivity contribution in [3.8, 4) is 0 Å². The maximum Gasteiger partial charge on any atom is 0.228 e. The molecule has 2 nitrogen and oxygen atoms in total. The molecule has 1 saturated heterocycles. The Kier molecular flexibility index (Phi) is 9.03.